The largest absolute Gasteiger partial charge is 0.466 e. The smallest absolute Gasteiger partial charge is 0.305 e. The number of carbonyl (C=O) groups excluding carboxylic acids is 1. The quantitative estimate of drug-likeness (QED) is 0.0563. The first-order valence-electron chi connectivity index (χ1n) is 20.0. The van der Waals surface area contributed by atoms with Crippen LogP contribution in [0.25, 0.3) is 0 Å². The predicted octanol–water partition coefficient (Wildman–Crippen LogP) is 13.6. The molecule has 3 heteroatoms. The van der Waals surface area contributed by atoms with E-state index in [1.54, 1.807) is 0 Å². The van der Waals surface area contributed by atoms with Crippen molar-refractivity contribution in [3.63, 3.8) is 0 Å². The van der Waals surface area contributed by atoms with Gasteiger partial charge in [0.1, 0.15) is 0 Å². The number of ether oxygens (including phenoxy) is 1. The molecule has 258 valence electrons. The van der Waals surface area contributed by atoms with Crippen molar-refractivity contribution in [2.24, 2.45) is 0 Å². The first-order chi connectivity index (χ1) is 21.2. The Morgan fingerprint density at radius 3 is 1.07 bits per heavy atom. The van der Waals surface area contributed by atoms with E-state index < -0.39 is 0 Å². The normalized spacial score (nSPS) is 12.2. The zero-order valence-corrected chi connectivity index (χ0v) is 29.8. The summed E-state index contributed by atoms with van der Waals surface area (Å²) in [6.07, 6.45) is 44.9. The standard InChI is InChI=1S/C40H80O3/c1-3-5-7-9-10-11-12-13-14-15-16-17-18-19-20-23-26-29-33-37-40(42)43-38-34-30-27-24-21-22-25-28-32-36-39(41)35-31-8-6-4-2/h39,41H,3-38H2,1-2H3. The van der Waals surface area contributed by atoms with Crippen LogP contribution in [0.1, 0.15) is 239 Å². The monoisotopic (exact) mass is 609 g/mol. The Balaban J connectivity index is 3.19. The SMILES string of the molecule is CCCCCCCCCCCCCCCCCCCCCC(=O)OCCCCCCCCCCCC(O)CCCCCC. The molecule has 3 nitrogen and oxygen atoms in total. The van der Waals surface area contributed by atoms with Gasteiger partial charge in [-0.3, -0.25) is 4.79 Å². The van der Waals surface area contributed by atoms with E-state index in [2.05, 4.69) is 13.8 Å². The molecule has 1 atom stereocenters. The van der Waals surface area contributed by atoms with E-state index >= 15 is 0 Å². The summed E-state index contributed by atoms with van der Waals surface area (Å²) in [7, 11) is 0. The van der Waals surface area contributed by atoms with Gasteiger partial charge in [-0.25, -0.2) is 0 Å². The molecule has 0 heterocycles. The molecule has 0 aliphatic rings. The minimum Gasteiger partial charge on any atom is -0.466 e. The zero-order chi connectivity index (χ0) is 31.3. The van der Waals surface area contributed by atoms with Crippen LogP contribution in [0.3, 0.4) is 0 Å². The molecule has 0 saturated carbocycles. The van der Waals surface area contributed by atoms with Gasteiger partial charge in [0.15, 0.2) is 0 Å². The fourth-order valence-corrected chi connectivity index (χ4v) is 6.28. The third kappa shape index (κ3) is 37.5. The van der Waals surface area contributed by atoms with Gasteiger partial charge in [0, 0.05) is 6.42 Å². The van der Waals surface area contributed by atoms with Crippen LogP contribution in [0.4, 0.5) is 0 Å². The van der Waals surface area contributed by atoms with Crippen molar-refractivity contribution in [2.45, 2.75) is 245 Å². The molecular formula is C40H80O3. The lowest BCUT2D eigenvalue weighted by atomic mass is 10.0. The molecule has 0 aromatic carbocycles. The Hall–Kier alpha value is -0.570. The summed E-state index contributed by atoms with van der Waals surface area (Å²) >= 11 is 0. The summed E-state index contributed by atoms with van der Waals surface area (Å²) in [5, 5.41) is 10.0. The first-order valence-corrected chi connectivity index (χ1v) is 20.0. The van der Waals surface area contributed by atoms with Gasteiger partial charge in [-0.2, -0.15) is 0 Å². The van der Waals surface area contributed by atoms with Crippen LogP contribution >= 0.6 is 0 Å². The summed E-state index contributed by atoms with van der Waals surface area (Å²) in [6, 6.07) is 0. The average Bonchev–Trinajstić information content (AvgIpc) is 3.01. The number of esters is 1. The number of hydrogen-bond donors (Lipinski definition) is 1. The molecule has 43 heavy (non-hydrogen) atoms. The summed E-state index contributed by atoms with van der Waals surface area (Å²) in [5.41, 5.74) is 0. The maximum Gasteiger partial charge on any atom is 0.305 e. The van der Waals surface area contributed by atoms with Gasteiger partial charge in [-0.05, 0) is 25.7 Å². The van der Waals surface area contributed by atoms with Crippen molar-refractivity contribution >= 4 is 5.97 Å². The number of unbranched alkanes of at least 4 members (excludes halogenated alkanes) is 29. The summed E-state index contributed by atoms with van der Waals surface area (Å²) in [5.74, 6) is 0.0121. The lowest BCUT2D eigenvalue weighted by Gasteiger charge is -2.10. The fourth-order valence-electron chi connectivity index (χ4n) is 6.28. The van der Waals surface area contributed by atoms with Crippen molar-refractivity contribution in [1.29, 1.82) is 0 Å². The summed E-state index contributed by atoms with van der Waals surface area (Å²) < 4.78 is 5.45. The highest BCUT2D eigenvalue weighted by Gasteiger charge is 2.04. The molecular weight excluding hydrogens is 528 g/mol. The average molecular weight is 609 g/mol. The van der Waals surface area contributed by atoms with E-state index in [9.17, 15) is 9.90 Å². The molecule has 0 spiro atoms. The second kappa shape index (κ2) is 37.6. The van der Waals surface area contributed by atoms with Gasteiger partial charge in [-0.15, -0.1) is 0 Å². The minimum absolute atomic E-state index is 0.0121. The highest BCUT2D eigenvalue weighted by Crippen LogP contribution is 2.16. The summed E-state index contributed by atoms with van der Waals surface area (Å²) in [4.78, 5) is 12.0. The van der Waals surface area contributed by atoms with E-state index in [1.165, 1.54) is 193 Å². The van der Waals surface area contributed by atoms with Gasteiger partial charge in [0.25, 0.3) is 0 Å². The maximum absolute atomic E-state index is 12.0. The van der Waals surface area contributed by atoms with Crippen molar-refractivity contribution in [3.8, 4) is 0 Å². The maximum atomic E-state index is 12.0. The van der Waals surface area contributed by atoms with Crippen LogP contribution in [0.15, 0.2) is 0 Å². The van der Waals surface area contributed by atoms with Crippen molar-refractivity contribution in [3.05, 3.63) is 0 Å². The number of carbonyl (C=O) groups is 1. The van der Waals surface area contributed by atoms with Gasteiger partial charge < -0.3 is 9.84 Å². The molecule has 0 rings (SSSR count). The van der Waals surface area contributed by atoms with Crippen LogP contribution in [-0.2, 0) is 9.53 Å². The fraction of sp³-hybridized carbons (Fsp3) is 0.975. The zero-order valence-electron chi connectivity index (χ0n) is 29.8. The molecule has 0 aliphatic heterocycles. The molecule has 0 fully saturated rings. The molecule has 1 unspecified atom stereocenters. The Morgan fingerprint density at radius 2 is 0.698 bits per heavy atom. The molecule has 1 N–H and O–H groups in total. The topological polar surface area (TPSA) is 46.5 Å². The van der Waals surface area contributed by atoms with Gasteiger partial charge in [-0.1, -0.05) is 206 Å². The van der Waals surface area contributed by atoms with Crippen molar-refractivity contribution < 1.29 is 14.6 Å². The predicted molar refractivity (Wildman–Crippen MR) is 190 cm³/mol. The highest BCUT2D eigenvalue weighted by molar-refractivity contribution is 5.69. The van der Waals surface area contributed by atoms with E-state index in [0.717, 1.165) is 25.7 Å². The van der Waals surface area contributed by atoms with Crippen LogP contribution in [0.2, 0.25) is 0 Å². The summed E-state index contributed by atoms with van der Waals surface area (Å²) in [6.45, 7) is 5.14. The second-order valence-corrected chi connectivity index (χ2v) is 13.8. The second-order valence-electron chi connectivity index (χ2n) is 13.8. The third-order valence-electron chi connectivity index (χ3n) is 9.32. The Morgan fingerprint density at radius 1 is 0.419 bits per heavy atom. The van der Waals surface area contributed by atoms with Crippen LogP contribution in [-0.4, -0.2) is 23.8 Å². The molecule has 0 bridgehead atoms. The minimum atomic E-state index is -0.0699. The van der Waals surface area contributed by atoms with Crippen molar-refractivity contribution in [2.75, 3.05) is 6.61 Å². The molecule has 0 aromatic heterocycles. The lowest BCUT2D eigenvalue weighted by Crippen LogP contribution is -2.05. The molecule has 0 radical (unpaired) electrons. The number of rotatable bonds is 37. The Kier molecular flexibility index (Phi) is 37.1. The molecule has 0 aliphatic carbocycles. The first kappa shape index (κ1) is 42.4. The van der Waals surface area contributed by atoms with Crippen LogP contribution in [0, 0.1) is 0 Å². The molecule has 0 saturated heterocycles. The van der Waals surface area contributed by atoms with E-state index in [1.807, 2.05) is 0 Å². The lowest BCUT2D eigenvalue weighted by molar-refractivity contribution is -0.143. The number of aliphatic hydroxyl groups excluding tert-OH is 1. The van der Waals surface area contributed by atoms with E-state index in [-0.39, 0.29) is 12.1 Å². The molecule has 0 amide bonds. The van der Waals surface area contributed by atoms with Gasteiger partial charge >= 0.3 is 5.97 Å². The number of hydrogen-bond acceptors (Lipinski definition) is 3. The van der Waals surface area contributed by atoms with Crippen LogP contribution in [0.5, 0.6) is 0 Å². The highest BCUT2D eigenvalue weighted by atomic mass is 16.5. The Bertz CT molecular complexity index is 520. The molecule has 0 aromatic rings. The van der Waals surface area contributed by atoms with Gasteiger partial charge in [0.05, 0.1) is 12.7 Å². The van der Waals surface area contributed by atoms with Crippen LogP contribution < -0.4 is 0 Å². The Labute approximate surface area is 271 Å². The third-order valence-corrected chi connectivity index (χ3v) is 9.32. The van der Waals surface area contributed by atoms with Crippen molar-refractivity contribution in [1.82, 2.24) is 0 Å². The van der Waals surface area contributed by atoms with Gasteiger partial charge in [0.2, 0.25) is 0 Å². The number of aliphatic hydroxyl groups is 1. The van der Waals surface area contributed by atoms with E-state index in [4.69, 9.17) is 4.74 Å². The van der Waals surface area contributed by atoms with E-state index in [0.29, 0.717) is 13.0 Å².